The minimum atomic E-state index is -0.680. The second-order valence-corrected chi connectivity index (χ2v) is 6.65. The number of anilines is 1. The topological polar surface area (TPSA) is 126 Å². The highest BCUT2D eigenvalue weighted by molar-refractivity contribution is 5.96. The number of nitro benzene ring substituents is 1. The molecular weight excluding hydrogens is 404 g/mol. The Morgan fingerprint density at radius 2 is 1.84 bits per heavy atom. The Labute approximate surface area is 177 Å². The maximum atomic E-state index is 12.2. The molecule has 0 aliphatic carbocycles. The highest BCUT2D eigenvalue weighted by atomic mass is 16.6. The van der Waals surface area contributed by atoms with Crippen LogP contribution in [0.25, 0.3) is 5.69 Å². The van der Waals surface area contributed by atoms with E-state index in [0.717, 1.165) is 23.1 Å². The molecule has 1 aromatic heterocycles. The molecule has 0 radical (unpaired) electrons. The van der Waals surface area contributed by atoms with Crippen molar-refractivity contribution in [3.05, 3.63) is 75.6 Å². The average molecular weight is 424 g/mol. The minimum absolute atomic E-state index is 0.104. The number of amides is 1. The first-order valence-electron chi connectivity index (χ1n) is 9.21. The van der Waals surface area contributed by atoms with Crippen LogP contribution in [0.5, 0.6) is 5.75 Å². The van der Waals surface area contributed by atoms with Gasteiger partial charge in [-0.1, -0.05) is 0 Å². The van der Waals surface area contributed by atoms with E-state index in [9.17, 15) is 19.7 Å². The molecule has 0 saturated carbocycles. The van der Waals surface area contributed by atoms with Crippen LogP contribution >= 0.6 is 0 Å². The number of benzene rings is 2. The fourth-order valence-corrected chi connectivity index (χ4v) is 2.94. The van der Waals surface area contributed by atoms with Gasteiger partial charge in [0.2, 0.25) is 0 Å². The van der Waals surface area contributed by atoms with Crippen LogP contribution in [0, 0.1) is 24.0 Å². The van der Waals surface area contributed by atoms with E-state index in [1.807, 2.05) is 19.9 Å². The van der Waals surface area contributed by atoms with Crippen molar-refractivity contribution in [2.45, 2.75) is 13.8 Å². The molecule has 0 saturated heterocycles. The summed E-state index contributed by atoms with van der Waals surface area (Å²) in [5, 5.41) is 17.7. The fourth-order valence-electron chi connectivity index (χ4n) is 2.94. The van der Waals surface area contributed by atoms with Gasteiger partial charge in [-0.05, 0) is 50.2 Å². The third kappa shape index (κ3) is 5.04. The second-order valence-electron chi connectivity index (χ2n) is 6.65. The van der Waals surface area contributed by atoms with Gasteiger partial charge in [0.1, 0.15) is 5.75 Å². The van der Waals surface area contributed by atoms with Crippen LogP contribution in [-0.4, -0.2) is 40.3 Å². The van der Waals surface area contributed by atoms with E-state index in [1.54, 1.807) is 28.9 Å². The molecule has 0 bridgehead atoms. The lowest BCUT2D eigenvalue weighted by molar-refractivity contribution is -0.384. The Bertz CT molecular complexity index is 1140. The quantitative estimate of drug-likeness (QED) is 0.351. The van der Waals surface area contributed by atoms with Crippen LogP contribution in [0.2, 0.25) is 0 Å². The number of aryl methyl sites for hydroxylation is 2. The van der Waals surface area contributed by atoms with Crippen LogP contribution in [0.15, 0.2) is 48.5 Å². The van der Waals surface area contributed by atoms with E-state index in [1.165, 1.54) is 19.2 Å². The molecule has 0 atom stereocenters. The van der Waals surface area contributed by atoms with E-state index < -0.39 is 23.4 Å². The van der Waals surface area contributed by atoms with Gasteiger partial charge in [0.25, 0.3) is 11.6 Å². The first-order valence-corrected chi connectivity index (χ1v) is 9.21. The van der Waals surface area contributed by atoms with Crippen LogP contribution in [-0.2, 0) is 9.53 Å². The number of aromatic nitrogens is 2. The molecule has 1 amide bonds. The summed E-state index contributed by atoms with van der Waals surface area (Å²) in [5.74, 6) is -1.10. The Morgan fingerprint density at radius 3 is 2.42 bits per heavy atom. The van der Waals surface area contributed by atoms with Gasteiger partial charge < -0.3 is 14.8 Å². The molecule has 10 nitrogen and oxygen atoms in total. The Kier molecular flexibility index (Phi) is 6.29. The molecule has 0 unspecified atom stereocenters. The van der Waals surface area contributed by atoms with Gasteiger partial charge in [0, 0.05) is 17.8 Å². The number of hydrogen-bond acceptors (Lipinski definition) is 7. The van der Waals surface area contributed by atoms with Crippen LogP contribution in [0.3, 0.4) is 0 Å². The number of nitro groups is 1. The van der Waals surface area contributed by atoms with E-state index >= 15 is 0 Å². The summed E-state index contributed by atoms with van der Waals surface area (Å²) in [4.78, 5) is 34.7. The summed E-state index contributed by atoms with van der Waals surface area (Å²) in [6.45, 7) is 3.25. The standard InChI is InChI=1S/C21H20N4O6/c1-13-10-14(2)24(23-13)16-6-4-15(5-7-16)21(27)31-12-20(26)22-18-11-17(25(28)29)8-9-19(18)30-3/h4-11H,12H2,1-3H3,(H,22,26). The summed E-state index contributed by atoms with van der Waals surface area (Å²) in [6.07, 6.45) is 0. The number of esters is 1. The molecule has 3 aromatic rings. The lowest BCUT2D eigenvalue weighted by atomic mass is 10.2. The molecule has 2 aromatic carbocycles. The molecule has 1 heterocycles. The summed E-state index contributed by atoms with van der Waals surface area (Å²) in [5.41, 5.74) is 2.79. The molecule has 3 rings (SSSR count). The van der Waals surface area contributed by atoms with Crippen molar-refractivity contribution in [1.29, 1.82) is 0 Å². The highest BCUT2D eigenvalue weighted by Gasteiger charge is 2.16. The molecule has 10 heteroatoms. The zero-order chi connectivity index (χ0) is 22.5. The second kappa shape index (κ2) is 9.08. The third-order valence-corrected chi connectivity index (χ3v) is 4.36. The number of non-ortho nitro benzene ring substituents is 1. The van der Waals surface area contributed by atoms with Gasteiger partial charge in [0.05, 0.1) is 34.7 Å². The smallest absolute Gasteiger partial charge is 0.338 e. The van der Waals surface area contributed by atoms with E-state index in [-0.39, 0.29) is 22.7 Å². The molecular formula is C21H20N4O6. The van der Waals surface area contributed by atoms with Crippen molar-refractivity contribution < 1.29 is 24.0 Å². The fraction of sp³-hybridized carbons (Fsp3) is 0.190. The largest absolute Gasteiger partial charge is 0.495 e. The number of methoxy groups -OCH3 is 1. The van der Waals surface area contributed by atoms with Gasteiger partial charge >= 0.3 is 5.97 Å². The molecule has 0 spiro atoms. The van der Waals surface area contributed by atoms with Gasteiger partial charge in [-0.25, -0.2) is 9.48 Å². The van der Waals surface area contributed by atoms with Gasteiger partial charge in [-0.15, -0.1) is 0 Å². The molecule has 31 heavy (non-hydrogen) atoms. The predicted octanol–water partition coefficient (Wildman–Crippen LogP) is 3.20. The summed E-state index contributed by atoms with van der Waals surface area (Å²) < 4.78 is 11.9. The normalized spacial score (nSPS) is 10.4. The Balaban J connectivity index is 1.62. The van der Waals surface area contributed by atoms with Crippen LogP contribution < -0.4 is 10.1 Å². The summed E-state index contributed by atoms with van der Waals surface area (Å²) in [7, 11) is 1.37. The molecule has 0 fully saturated rings. The first kappa shape index (κ1) is 21.5. The van der Waals surface area contributed by atoms with E-state index in [4.69, 9.17) is 9.47 Å². The number of ether oxygens (including phenoxy) is 2. The van der Waals surface area contributed by atoms with Crippen molar-refractivity contribution in [2.24, 2.45) is 0 Å². The molecule has 1 N–H and O–H groups in total. The van der Waals surface area contributed by atoms with E-state index in [0.29, 0.717) is 0 Å². The van der Waals surface area contributed by atoms with Gasteiger partial charge in [-0.3, -0.25) is 14.9 Å². The van der Waals surface area contributed by atoms with Crippen molar-refractivity contribution in [2.75, 3.05) is 19.0 Å². The number of nitrogens with one attached hydrogen (secondary N) is 1. The number of nitrogens with zero attached hydrogens (tertiary/aromatic N) is 3. The third-order valence-electron chi connectivity index (χ3n) is 4.36. The molecule has 0 aliphatic rings. The van der Waals surface area contributed by atoms with Crippen LogP contribution in [0.4, 0.5) is 11.4 Å². The average Bonchev–Trinajstić information content (AvgIpc) is 3.09. The van der Waals surface area contributed by atoms with Crippen molar-refractivity contribution in [1.82, 2.24) is 9.78 Å². The van der Waals surface area contributed by atoms with Crippen molar-refractivity contribution >= 4 is 23.3 Å². The SMILES string of the molecule is COc1ccc([N+](=O)[O-])cc1NC(=O)COC(=O)c1ccc(-n2nc(C)cc2C)cc1. The number of carbonyl (C=O) groups is 2. The minimum Gasteiger partial charge on any atom is -0.495 e. The molecule has 0 aliphatic heterocycles. The van der Waals surface area contributed by atoms with Crippen molar-refractivity contribution in [3.8, 4) is 11.4 Å². The van der Waals surface area contributed by atoms with Crippen LogP contribution in [0.1, 0.15) is 21.7 Å². The zero-order valence-electron chi connectivity index (χ0n) is 17.1. The summed E-state index contributed by atoms with van der Waals surface area (Å²) >= 11 is 0. The lowest BCUT2D eigenvalue weighted by Crippen LogP contribution is -2.21. The monoisotopic (exact) mass is 424 g/mol. The molecule has 160 valence electrons. The Morgan fingerprint density at radius 1 is 1.13 bits per heavy atom. The Hall–Kier alpha value is -4.21. The maximum Gasteiger partial charge on any atom is 0.338 e. The van der Waals surface area contributed by atoms with Gasteiger partial charge in [0.15, 0.2) is 6.61 Å². The number of hydrogen-bond donors (Lipinski definition) is 1. The van der Waals surface area contributed by atoms with Gasteiger partial charge in [-0.2, -0.15) is 5.10 Å². The zero-order valence-corrected chi connectivity index (χ0v) is 17.1. The summed E-state index contributed by atoms with van der Waals surface area (Å²) in [6, 6.07) is 12.3. The van der Waals surface area contributed by atoms with E-state index in [2.05, 4.69) is 10.4 Å². The predicted molar refractivity (Wildman–Crippen MR) is 112 cm³/mol. The lowest BCUT2D eigenvalue weighted by Gasteiger charge is -2.10. The number of rotatable bonds is 7. The maximum absolute atomic E-state index is 12.2. The number of carbonyl (C=O) groups excluding carboxylic acids is 2. The first-order chi connectivity index (χ1) is 14.8. The highest BCUT2D eigenvalue weighted by Crippen LogP contribution is 2.28. The van der Waals surface area contributed by atoms with Crippen molar-refractivity contribution in [3.63, 3.8) is 0 Å².